The summed E-state index contributed by atoms with van der Waals surface area (Å²) in [7, 11) is -3.29. The molecule has 3 aliphatic rings. The van der Waals surface area contributed by atoms with Crippen LogP contribution in [0.1, 0.15) is 56.7 Å². The van der Waals surface area contributed by atoms with Crippen molar-refractivity contribution >= 4 is 15.9 Å². The molecule has 3 fully saturated rings. The minimum Gasteiger partial charge on any atom is -0.353 e. The van der Waals surface area contributed by atoms with Crippen LogP contribution in [-0.2, 0) is 20.2 Å². The fraction of sp³-hybridized carbons (Fsp3) is 0.833. The van der Waals surface area contributed by atoms with Gasteiger partial charge in [-0.3, -0.25) is 4.79 Å². The van der Waals surface area contributed by atoms with Crippen molar-refractivity contribution in [1.29, 1.82) is 0 Å². The predicted octanol–water partition coefficient (Wildman–Crippen LogP) is 1.37. The number of nitrogens with zero attached hydrogens (tertiary/aromatic N) is 3. The zero-order chi connectivity index (χ0) is 19.2. The van der Waals surface area contributed by atoms with Crippen molar-refractivity contribution in [1.82, 2.24) is 19.8 Å². The third kappa shape index (κ3) is 3.51. The molecule has 1 aromatic rings. The van der Waals surface area contributed by atoms with Crippen LogP contribution in [0.3, 0.4) is 0 Å². The highest BCUT2D eigenvalue weighted by molar-refractivity contribution is 7.88. The summed E-state index contributed by atoms with van der Waals surface area (Å²) in [5, 5.41) is 7.16. The Morgan fingerprint density at radius 2 is 2.04 bits per heavy atom. The van der Waals surface area contributed by atoms with E-state index in [4.69, 9.17) is 4.52 Å². The Bertz CT molecular complexity index is 817. The Labute approximate surface area is 160 Å². The van der Waals surface area contributed by atoms with Gasteiger partial charge >= 0.3 is 0 Å². The molecule has 0 aromatic carbocycles. The number of nitrogens with one attached hydrogen (secondary N) is 1. The number of carbonyl (C=O) groups excluding carboxylic acids is 1. The minimum atomic E-state index is -3.29. The largest absolute Gasteiger partial charge is 0.353 e. The van der Waals surface area contributed by atoms with Gasteiger partial charge in [-0.2, -0.15) is 4.98 Å². The summed E-state index contributed by atoms with van der Waals surface area (Å²) >= 11 is 0. The first-order valence-corrected chi connectivity index (χ1v) is 11.7. The maximum Gasteiger partial charge on any atom is 0.234 e. The van der Waals surface area contributed by atoms with Gasteiger partial charge in [-0.15, -0.1) is 0 Å². The highest BCUT2D eigenvalue weighted by atomic mass is 32.2. The second-order valence-electron chi connectivity index (χ2n) is 8.54. The van der Waals surface area contributed by atoms with Crippen molar-refractivity contribution in [2.24, 2.45) is 11.8 Å². The van der Waals surface area contributed by atoms with Crippen LogP contribution in [0.2, 0.25) is 0 Å². The van der Waals surface area contributed by atoms with E-state index in [2.05, 4.69) is 15.5 Å². The summed E-state index contributed by atoms with van der Waals surface area (Å²) in [6, 6.07) is 0.0262. The highest BCUT2D eigenvalue weighted by Gasteiger charge is 2.59. The number of fused-ring (bicyclic) bond motifs is 1. The van der Waals surface area contributed by atoms with Crippen molar-refractivity contribution in [3.8, 4) is 0 Å². The number of rotatable bonds is 4. The minimum absolute atomic E-state index is 0.0262. The molecule has 8 nitrogen and oxygen atoms in total. The Hall–Kier alpha value is -1.48. The first kappa shape index (κ1) is 18.9. The number of sulfonamides is 1. The smallest absolute Gasteiger partial charge is 0.234 e. The lowest BCUT2D eigenvalue weighted by molar-refractivity contribution is -0.126. The lowest BCUT2D eigenvalue weighted by Crippen LogP contribution is -2.41. The molecule has 4 rings (SSSR count). The molecule has 0 radical (unpaired) electrons. The van der Waals surface area contributed by atoms with E-state index < -0.39 is 15.4 Å². The third-order valence-corrected chi connectivity index (χ3v) is 7.80. The van der Waals surface area contributed by atoms with Crippen LogP contribution in [0, 0.1) is 18.8 Å². The van der Waals surface area contributed by atoms with Gasteiger partial charge in [0.2, 0.25) is 21.8 Å². The molecule has 3 atom stereocenters. The zero-order valence-corrected chi connectivity index (χ0v) is 16.8. The lowest BCUT2D eigenvalue weighted by Gasteiger charge is -2.26. The molecule has 2 heterocycles. The predicted molar refractivity (Wildman–Crippen MR) is 98.4 cm³/mol. The van der Waals surface area contributed by atoms with Crippen LogP contribution < -0.4 is 5.32 Å². The fourth-order valence-corrected chi connectivity index (χ4v) is 6.12. The van der Waals surface area contributed by atoms with Crippen molar-refractivity contribution in [3.63, 3.8) is 0 Å². The van der Waals surface area contributed by atoms with Crippen LogP contribution >= 0.6 is 0 Å². The Balaban J connectivity index is 1.53. The molecule has 1 amide bonds. The standard InChI is InChI=1S/C18H28N4O4S/c1-12-19-17(26-21-12)18-9-15(20-16(23)13-6-4-3-5-7-13)8-14(18)10-22(11-18)27(2,24)25/h13-15H,3-11H2,1-2H3,(H,20,23)/t14-,15+,18-/m0/s1. The number of hydrogen-bond donors (Lipinski definition) is 1. The maximum absolute atomic E-state index is 12.7. The van der Waals surface area contributed by atoms with Gasteiger partial charge in [-0.25, -0.2) is 12.7 Å². The third-order valence-electron chi connectivity index (χ3n) is 6.59. The van der Waals surface area contributed by atoms with Gasteiger partial charge in [0.15, 0.2) is 5.82 Å². The van der Waals surface area contributed by atoms with E-state index in [1.807, 2.05) is 0 Å². The van der Waals surface area contributed by atoms with E-state index in [0.29, 0.717) is 31.2 Å². The maximum atomic E-state index is 12.7. The van der Waals surface area contributed by atoms with Gasteiger partial charge in [0.1, 0.15) is 0 Å². The first-order valence-electron chi connectivity index (χ1n) is 9.84. The molecule has 27 heavy (non-hydrogen) atoms. The monoisotopic (exact) mass is 396 g/mol. The molecule has 0 spiro atoms. The Kier molecular flexibility index (Phi) is 4.78. The summed E-state index contributed by atoms with van der Waals surface area (Å²) in [5.41, 5.74) is -0.505. The zero-order valence-electron chi connectivity index (χ0n) is 16.0. The van der Waals surface area contributed by atoms with E-state index >= 15 is 0 Å². The highest BCUT2D eigenvalue weighted by Crippen LogP contribution is 2.50. The summed E-state index contributed by atoms with van der Waals surface area (Å²) in [6.07, 6.45) is 8.03. The quantitative estimate of drug-likeness (QED) is 0.824. The lowest BCUT2D eigenvalue weighted by atomic mass is 9.80. The second-order valence-corrected chi connectivity index (χ2v) is 10.5. The molecule has 9 heteroatoms. The normalized spacial score (nSPS) is 32.5. The summed E-state index contributed by atoms with van der Waals surface area (Å²) in [4.78, 5) is 17.1. The van der Waals surface area contributed by atoms with Crippen molar-refractivity contribution in [2.75, 3.05) is 19.3 Å². The van der Waals surface area contributed by atoms with Crippen LogP contribution in [-0.4, -0.2) is 54.2 Å². The first-order chi connectivity index (χ1) is 12.8. The average Bonchev–Trinajstić information content (AvgIpc) is 3.27. The topological polar surface area (TPSA) is 105 Å². The second kappa shape index (κ2) is 6.84. The van der Waals surface area contributed by atoms with Gasteiger partial charge in [0.25, 0.3) is 0 Å². The molecular formula is C18H28N4O4S. The van der Waals surface area contributed by atoms with Crippen LogP contribution in [0.4, 0.5) is 0 Å². The molecule has 2 aliphatic carbocycles. The number of carbonyl (C=O) groups is 1. The van der Waals surface area contributed by atoms with Crippen molar-refractivity contribution in [2.45, 2.75) is 63.3 Å². The van der Waals surface area contributed by atoms with Gasteiger partial charge in [-0.1, -0.05) is 24.4 Å². The molecule has 2 saturated carbocycles. The number of amides is 1. The number of hydrogen-bond acceptors (Lipinski definition) is 6. The molecule has 0 unspecified atom stereocenters. The van der Waals surface area contributed by atoms with E-state index in [1.54, 1.807) is 6.92 Å². The Morgan fingerprint density at radius 1 is 1.30 bits per heavy atom. The van der Waals surface area contributed by atoms with Gasteiger partial charge < -0.3 is 9.84 Å². The molecule has 1 N–H and O–H groups in total. The molecule has 150 valence electrons. The summed E-state index contributed by atoms with van der Waals surface area (Å²) < 4.78 is 31.2. The number of aryl methyl sites for hydroxylation is 1. The molecule has 0 bridgehead atoms. The number of aromatic nitrogens is 2. The molecular weight excluding hydrogens is 368 g/mol. The van der Waals surface area contributed by atoms with Gasteiger partial charge in [-0.05, 0) is 38.5 Å². The van der Waals surface area contributed by atoms with Crippen LogP contribution in [0.25, 0.3) is 0 Å². The average molecular weight is 397 g/mol. The van der Waals surface area contributed by atoms with E-state index in [9.17, 15) is 13.2 Å². The van der Waals surface area contributed by atoms with E-state index in [1.165, 1.54) is 17.0 Å². The summed E-state index contributed by atoms with van der Waals surface area (Å²) in [5.74, 6) is 1.39. The Morgan fingerprint density at radius 3 is 2.67 bits per heavy atom. The van der Waals surface area contributed by atoms with Gasteiger partial charge in [0, 0.05) is 25.0 Å². The molecule has 1 aliphatic heterocycles. The van der Waals surface area contributed by atoms with Gasteiger partial charge in [0.05, 0.1) is 11.7 Å². The summed E-state index contributed by atoms with van der Waals surface area (Å²) in [6.45, 7) is 2.54. The SMILES string of the molecule is Cc1noc([C@]23C[C@H](NC(=O)C4CCCCC4)C[C@H]2CN(S(C)(=O)=O)C3)n1. The molecule has 1 aromatic heterocycles. The fourth-order valence-electron chi connectivity index (χ4n) is 5.20. The van der Waals surface area contributed by atoms with E-state index in [0.717, 1.165) is 32.1 Å². The van der Waals surface area contributed by atoms with Crippen LogP contribution in [0.15, 0.2) is 4.52 Å². The van der Waals surface area contributed by atoms with Crippen LogP contribution in [0.5, 0.6) is 0 Å². The van der Waals surface area contributed by atoms with Crippen molar-refractivity contribution in [3.05, 3.63) is 11.7 Å². The van der Waals surface area contributed by atoms with E-state index in [-0.39, 0.29) is 23.8 Å². The molecule has 1 saturated heterocycles. The van der Waals surface area contributed by atoms with Crippen molar-refractivity contribution < 1.29 is 17.7 Å².